The first-order valence-corrected chi connectivity index (χ1v) is 11.3. The number of nitrogens with two attached hydrogens (primary N) is 1. The number of pyridine rings is 1. The van der Waals surface area contributed by atoms with Gasteiger partial charge in [0.05, 0.1) is 17.4 Å². The van der Waals surface area contributed by atoms with Crippen molar-refractivity contribution in [1.29, 1.82) is 0 Å². The highest BCUT2D eigenvalue weighted by Gasteiger charge is 2.22. The zero-order chi connectivity index (χ0) is 23.8. The summed E-state index contributed by atoms with van der Waals surface area (Å²) >= 11 is 0. The van der Waals surface area contributed by atoms with Crippen LogP contribution in [0.15, 0.2) is 36.7 Å². The average Bonchev–Trinajstić information content (AvgIpc) is 3.28. The van der Waals surface area contributed by atoms with Crippen LogP contribution in [0.3, 0.4) is 0 Å². The van der Waals surface area contributed by atoms with E-state index in [1.807, 2.05) is 18.8 Å². The molecule has 0 saturated carbocycles. The maximum atomic E-state index is 13.7. The van der Waals surface area contributed by atoms with Crippen molar-refractivity contribution in [3.63, 3.8) is 0 Å². The summed E-state index contributed by atoms with van der Waals surface area (Å²) in [6.07, 6.45) is 5.21. The van der Waals surface area contributed by atoms with Gasteiger partial charge in [0.25, 0.3) is 0 Å². The number of nitrogen functional groups attached to an aromatic ring is 1. The Hall–Kier alpha value is -3.73. The molecule has 4 aromatic rings. The van der Waals surface area contributed by atoms with Crippen molar-refractivity contribution < 1.29 is 9.18 Å². The predicted octanol–water partition coefficient (Wildman–Crippen LogP) is 0.818. The van der Waals surface area contributed by atoms with Gasteiger partial charge < -0.3 is 21.3 Å². The van der Waals surface area contributed by atoms with E-state index < -0.39 is 0 Å². The third-order valence-corrected chi connectivity index (χ3v) is 6.54. The number of hydrogen-bond acceptors (Lipinski definition) is 6. The van der Waals surface area contributed by atoms with Crippen LogP contribution in [0.25, 0.3) is 27.7 Å². The molecule has 9 nitrogen and oxygen atoms in total. The molecule has 11 heteroatoms. The lowest BCUT2D eigenvalue weighted by Gasteiger charge is -2.32. The molecule has 34 heavy (non-hydrogen) atoms. The summed E-state index contributed by atoms with van der Waals surface area (Å²) in [4.78, 5) is 23.0. The Bertz CT molecular complexity index is 1380. The minimum absolute atomic E-state index is 0.0339. The lowest BCUT2D eigenvalue weighted by Crippen LogP contribution is -2.47. The number of benzene rings is 1. The Morgan fingerprint density at radius 1 is 1.26 bits per heavy atom. The van der Waals surface area contributed by atoms with Gasteiger partial charge in [0.15, 0.2) is 5.65 Å². The number of fused-ring (bicyclic) bond motifs is 2. The summed E-state index contributed by atoms with van der Waals surface area (Å²) in [5.74, 6) is 0.223. The third-order valence-electron chi connectivity index (χ3n) is 6.54. The lowest BCUT2D eigenvalue weighted by molar-refractivity contribution is 0.178. The number of likely N-dealkylation sites (tertiary alicyclic amines) is 1. The quantitative estimate of drug-likeness (QED) is 0.389. The normalized spacial score (nSPS) is 14.7. The number of anilines is 1. The molecule has 0 atom stereocenters. The number of urea groups is 1. The van der Waals surface area contributed by atoms with E-state index in [4.69, 9.17) is 10.7 Å². The summed E-state index contributed by atoms with van der Waals surface area (Å²) in [7, 11) is 3.59. The first kappa shape index (κ1) is 22.1. The third kappa shape index (κ3) is 4.03. The van der Waals surface area contributed by atoms with Crippen LogP contribution in [0.2, 0.25) is 0 Å². The molecule has 4 heterocycles. The number of aromatic nitrogens is 4. The molecule has 2 amide bonds. The number of carbonyl (C=O) groups is 1. The highest BCUT2D eigenvalue weighted by Crippen LogP contribution is 2.27. The molecule has 0 unspecified atom stereocenters. The molecule has 1 saturated heterocycles. The lowest BCUT2D eigenvalue weighted by atomic mass is 9.93. The van der Waals surface area contributed by atoms with E-state index in [0.717, 1.165) is 40.6 Å². The van der Waals surface area contributed by atoms with Crippen molar-refractivity contribution >= 4 is 41.7 Å². The van der Waals surface area contributed by atoms with Crippen LogP contribution in [0.1, 0.15) is 18.5 Å². The number of nitrogens with zero attached hydrogens (tertiary/aromatic N) is 5. The maximum Gasteiger partial charge on any atom is 0.317 e. The van der Waals surface area contributed by atoms with Gasteiger partial charge in [-0.1, -0.05) is 0 Å². The number of amides is 2. The number of hydrogen-bond donors (Lipinski definition) is 3. The summed E-state index contributed by atoms with van der Waals surface area (Å²) in [5, 5.41) is 11.4. The van der Waals surface area contributed by atoms with Gasteiger partial charge in [-0.05, 0) is 42.6 Å². The number of rotatable bonds is 4. The van der Waals surface area contributed by atoms with Crippen LogP contribution in [0, 0.1) is 5.82 Å². The smallest absolute Gasteiger partial charge is 0.317 e. The molecule has 1 aliphatic rings. The van der Waals surface area contributed by atoms with Crippen LogP contribution in [-0.2, 0) is 6.54 Å². The topological polar surface area (TPSA) is 113 Å². The van der Waals surface area contributed by atoms with Crippen LogP contribution >= 0.6 is 0 Å². The number of halogens is 1. The largest absolute Gasteiger partial charge is 0.384 e. The fraction of sp³-hybridized carbons (Fsp3) is 0.304. The molecule has 0 bridgehead atoms. The molecule has 0 aliphatic carbocycles. The van der Waals surface area contributed by atoms with Gasteiger partial charge in [0.1, 0.15) is 19.5 Å². The van der Waals surface area contributed by atoms with Gasteiger partial charge in [-0.25, -0.2) is 14.2 Å². The molecule has 5 rings (SSSR count). The molecule has 1 aliphatic heterocycles. The highest BCUT2D eigenvalue weighted by atomic mass is 19.1. The fourth-order valence-corrected chi connectivity index (χ4v) is 4.46. The van der Waals surface area contributed by atoms with Crippen molar-refractivity contribution in [2.75, 3.05) is 25.9 Å². The molecule has 4 N–H and O–H groups in total. The monoisotopic (exact) mass is 460 g/mol. The van der Waals surface area contributed by atoms with Gasteiger partial charge in [-0.15, -0.1) is 0 Å². The summed E-state index contributed by atoms with van der Waals surface area (Å²) in [6.45, 7) is 1.99. The first-order valence-electron chi connectivity index (χ1n) is 11.3. The van der Waals surface area contributed by atoms with Crippen LogP contribution < -0.4 is 21.8 Å². The van der Waals surface area contributed by atoms with E-state index in [2.05, 4.69) is 20.7 Å². The van der Waals surface area contributed by atoms with Crippen molar-refractivity contribution in [1.82, 2.24) is 35.1 Å². The van der Waals surface area contributed by atoms with E-state index in [1.54, 1.807) is 30.0 Å². The summed E-state index contributed by atoms with van der Waals surface area (Å²) in [5.41, 5.74) is 11.1. The number of carbonyl (C=O) groups excluding carboxylic acids is 1. The zero-order valence-electron chi connectivity index (χ0n) is 19.2. The number of nitrogens with one attached hydrogen (secondary N) is 2. The second-order valence-corrected chi connectivity index (χ2v) is 8.62. The van der Waals surface area contributed by atoms with Crippen molar-refractivity contribution in [3.8, 4) is 11.1 Å². The fourth-order valence-electron chi connectivity index (χ4n) is 4.46. The Balaban J connectivity index is 1.41. The van der Waals surface area contributed by atoms with Crippen molar-refractivity contribution in [2.24, 2.45) is 0 Å². The van der Waals surface area contributed by atoms with Gasteiger partial charge >= 0.3 is 6.03 Å². The minimum Gasteiger partial charge on any atom is -0.384 e. The SMILES string of the molecule is Bc1c(CNC2CCN(C(=O)NC)CC2)nc2c(-c3cnc4ccc(F)cc4c3)cnn2c1N. The second kappa shape index (κ2) is 8.90. The van der Waals surface area contributed by atoms with Crippen LogP contribution in [-0.4, -0.2) is 64.5 Å². The highest BCUT2D eigenvalue weighted by molar-refractivity contribution is 6.36. The van der Waals surface area contributed by atoms with Crippen molar-refractivity contribution in [2.45, 2.75) is 25.4 Å². The molecule has 1 aromatic carbocycles. The Kier molecular flexibility index (Phi) is 5.78. The second-order valence-electron chi connectivity index (χ2n) is 8.62. The minimum atomic E-state index is -0.307. The average molecular weight is 460 g/mol. The Morgan fingerprint density at radius 2 is 2.06 bits per heavy atom. The van der Waals surface area contributed by atoms with E-state index >= 15 is 0 Å². The Morgan fingerprint density at radius 3 is 2.82 bits per heavy atom. The molecule has 1 fully saturated rings. The first-order chi connectivity index (χ1) is 16.4. The Labute approximate surface area is 197 Å². The van der Waals surface area contributed by atoms with Crippen molar-refractivity contribution in [3.05, 3.63) is 48.2 Å². The molecule has 0 spiro atoms. The molecular weight excluding hydrogens is 434 g/mol. The molecular formula is C23H26BFN8O. The van der Waals surface area contributed by atoms with Gasteiger partial charge in [-0.2, -0.15) is 9.61 Å². The van der Waals surface area contributed by atoms with E-state index in [-0.39, 0.29) is 11.8 Å². The molecule has 174 valence electrons. The van der Waals surface area contributed by atoms with E-state index in [1.165, 1.54) is 12.1 Å². The van der Waals surface area contributed by atoms with E-state index in [0.29, 0.717) is 42.5 Å². The van der Waals surface area contributed by atoms with Gasteiger partial charge in [-0.3, -0.25) is 4.98 Å². The van der Waals surface area contributed by atoms with Gasteiger partial charge in [0.2, 0.25) is 0 Å². The van der Waals surface area contributed by atoms with Crippen LogP contribution in [0.5, 0.6) is 0 Å². The van der Waals surface area contributed by atoms with E-state index in [9.17, 15) is 9.18 Å². The summed E-state index contributed by atoms with van der Waals surface area (Å²) in [6, 6.07) is 6.67. The maximum absolute atomic E-state index is 13.7. The predicted molar refractivity (Wildman–Crippen MR) is 132 cm³/mol. The summed E-state index contributed by atoms with van der Waals surface area (Å²) < 4.78 is 15.4. The standard InChI is InChI=1S/C23H26BFN8O/c1-27-23(34)32-6-4-16(5-7-32)28-12-19-20(24)21(26)33-22(31-19)17(11-30-33)14-8-13-9-15(25)2-3-18(13)29-10-14/h2-3,8-11,16,28H,4-7,12,24,26H2,1H3,(H,27,34). The molecule has 3 aromatic heterocycles. The molecule has 0 radical (unpaired) electrons. The zero-order valence-corrected chi connectivity index (χ0v) is 19.2. The van der Waals surface area contributed by atoms with Gasteiger partial charge in [0, 0.05) is 55.4 Å². The number of piperidine rings is 1. The van der Waals surface area contributed by atoms with Crippen LogP contribution in [0.4, 0.5) is 15.0 Å².